The fourth-order valence-electron chi connectivity index (χ4n) is 1.33. The van der Waals surface area contributed by atoms with Gasteiger partial charge in [-0.3, -0.25) is 0 Å². The van der Waals surface area contributed by atoms with Crippen molar-refractivity contribution in [2.75, 3.05) is 5.32 Å². The minimum Gasteiger partial charge on any atom is -0.340 e. The molecule has 0 saturated carbocycles. The van der Waals surface area contributed by atoms with Gasteiger partial charge in [-0.25, -0.2) is 4.79 Å². The zero-order chi connectivity index (χ0) is 13.8. The van der Waals surface area contributed by atoms with E-state index < -0.39 is 0 Å². The average molecular weight is 346 g/mol. The molecule has 0 fully saturated rings. The molecule has 0 spiro atoms. The van der Waals surface area contributed by atoms with Crippen LogP contribution in [0.3, 0.4) is 0 Å². The molecule has 0 atom stereocenters. The van der Waals surface area contributed by atoms with E-state index in [0.29, 0.717) is 26.9 Å². The van der Waals surface area contributed by atoms with E-state index >= 15 is 0 Å². The van der Waals surface area contributed by atoms with Crippen LogP contribution in [0.15, 0.2) is 27.2 Å². The molecular weight excluding hydrogens is 336 g/mol. The summed E-state index contributed by atoms with van der Waals surface area (Å²) < 4.78 is 5.49. The number of carbonyl (C=O) groups excluding carboxylic acids is 1. The van der Waals surface area contributed by atoms with Crippen LogP contribution in [0.4, 0.5) is 10.5 Å². The number of aryl methyl sites for hydroxylation is 1. The Morgan fingerprint density at radius 1 is 1.53 bits per heavy atom. The molecule has 0 unspecified atom stereocenters. The zero-order valence-corrected chi connectivity index (χ0v) is 12.2. The van der Waals surface area contributed by atoms with Crippen molar-refractivity contribution in [2.45, 2.75) is 13.5 Å². The maximum absolute atomic E-state index is 11.7. The van der Waals surface area contributed by atoms with E-state index in [4.69, 9.17) is 16.1 Å². The second kappa shape index (κ2) is 6.03. The summed E-state index contributed by atoms with van der Waals surface area (Å²) in [4.78, 5) is 15.6. The molecular formula is C11H10BrClN4O2. The molecule has 1 aromatic heterocycles. The highest BCUT2D eigenvalue weighted by Crippen LogP contribution is 2.25. The molecule has 0 aliphatic heterocycles. The van der Waals surface area contributed by atoms with Gasteiger partial charge in [-0.15, -0.1) is 0 Å². The number of halogens is 2. The first-order valence-corrected chi connectivity index (χ1v) is 6.51. The highest BCUT2D eigenvalue weighted by Gasteiger charge is 2.07. The largest absolute Gasteiger partial charge is 0.340 e. The summed E-state index contributed by atoms with van der Waals surface area (Å²) in [6.45, 7) is 1.87. The lowest BCUT2D eigenvalue weighted by Gasteiger charge is -2.08. The van der Waals surface area contributed by atoms with Crippen molar-refractivity contribution in [3.05, 3.63) is 39.4 Å². The number of benzene rings is 1. The van der Waals surface area contributed by atoms with Crippen molar-refractivity contribution < 1.29 is 9.32 Å². The molecule has 19 heavy (non-hydrogen) atoms. The van der Waals surface area contributed by atoms with E-state index in [2.05, 4.69) is 36.7 Å². The van der Waals surface area contributed by atoms with Crippen LogP contribution in [-0.2, 0) is 6.54 Å². The molecule has 2 aromatic rings. The standard InChI is InChI=1S/C11H10BrClN4O2/c1-6-15-10(17-19-6)5-14-11(18)16-9-3-2-7(13)4-8(9)12/h2-4H,5H2,1H3,(H2,14,16,18). The molecule has 0 bridgehead atoms. The topological polar surface area (TPSA) is 80.0 Å². The Balaban J connectivity index is 1.90. The van der Waals surface area contributed by atoms with Gasteiger partial charge in [0.2, 0.25) is 5.89 Å². The normalized spacial score (nSPS) is 10.3. The number of nitrogens with one attached hydrogen (secondary N) is 2. The van der Waals surface area contributed by atoms with Gasteiger partial charge in [0.05, 0.1) is 12.2 Å². The lowest BCUT2D eigenvalue weighted by atomic mass is 10.3. The molecule has 8 heteroatoms. The van der Waals surface area contributed by atoms with Crippen molar-refractivity contribution in [3.8, 4) is 0 Å². The van der Waals surface area contributed by atoms with Crippen LogP contribution in [0.25, 0.3) is 0 Å². The Bertz CT molecular complexity index is 602. The second-order valence-electron chi connectivity index (χ2n) is 3.66. The first kappa shape index (κ1) is 13.8. The Morgan fingerprint density at radius 2 is 2.32 bits per heavy atom. The van der Waals surface area contributed by atoms with Gasteiger partial charge in [-0.1, -0.05) is 16.8 Å². The number of rotatable bonds is 3. The smallest absolute Gasteiger partial charge is 0.319 e. The minimum atomic E-state index is -0.370. The molecule has 100 valence electrons. The highest BCUT2D eigenvalue weighted by molar-refractivity contribution is 9.10. The molecule has 0 aliphatic rings. The molecule has 1 heterocycles. The van der Waals surface area contributed by atoms with Crippen LogP contribution in [0.2, 0.25) is 5.02 Å². The van der Waals surface area contributed by atoms with Crippen molar-refractivity contribution in [1.82, 2.24) is 15.5 Å². The Morgan fingerprint density at radius 3 is 2.95 bits per heavy atom. The fourth-order valence-corrected chi connectivity index (χ4v) is 2.11. The summed E-state index contributed by atoms with van der Waals surface area (Å²) in [5, 5.41) is 9.54. The number of carbonyl (C=O) groups is 1. The maximum atomic E-state index is 11.7. The maximum Gasteiger partial charge on any atom is 0.319 e. The second-order valence-corrected chi connectivity index (χ2v) is 4.95. The van der Waals surface area contributed by atoms with Crippen molar-refractivity contribution in [3.63, 3.8) is 0 Å². The predicted molar refractivity (Wildman–Crippen MR) is 74.0 cm³/mol. The van der Waals surface area contributed by atoms with Crippen molar-refractivity contribution in [1.29, 1.82) is 0 Å². The molecule has 2 amide bonds. The van der Waals surface area contributed by atoms with Crippen LogP contribution < -0.4 is 10.6 Å². The van der Waals surface area contributed by atoms with E-state index in [0.717, 1.165) is 0 Å². The summed E-state index contributed by atoms with van der Waals surface area (Å²) >= 11 is 9.12. The molecule has 6 nitrogen and oxygen atoms in total. The summed E-state index contributed by atoms with van der Waals surface area (Å²) in [6, 6.07) is 4.71. The zero-order valence-electron chi connectivity index (χ0n) is 9.91. The highest BCUT2D eigenvalue weighted by atomic mass is 79.9. The van der Waals surface area contributed by atoms with Gasteiger partial charge in [-0.05, 0) is 34.1 Å². The van der Waals surface area contributed by atoms with E-state index in [1.165, 1.54) is 0 Å². The molecule has 0 aliphatic carbocycles. The van der Waals surface area contributed by atoms with Gasteiger partial charge in [-0.2, -0.15) is 4.98 Å². The lowest BCUT2D eigenvalue weighted by molar-refractivity contribution is 0.251. The van der Waals surface area contributed by atoms with Crippen molar-refractivity contribution in [2.24, 2.45) is 0 Å². The molecule has 1 aromatic carbocycles. The van der Waals surface area contributed by atoms with Crippen LogP contribution in [0.1, 0.15) is 11.7 Å². The third-order valence-corrected chi connectivity index (χ3v) is 3.05. The first-order valence-electron chi connectivity index (χ1n) is 5.33. The van der Waals surface area contributed by atoms with Crippen LogP contribution in [0, 0.1) is 6.92 Å². The molecule has 0 saturated heterocycles. The number of amides is 2. The summed E-state index contributed by atoms with van der Waals surface area (Å²) in [5.41, 5.74) is 0.617. The number of hydrogen-bond acceptors (Lipinski definition) is 4. The third kappa shape index (κ3) is 3.93. The Hall–Kier alpha value is -1.60. The minimum absolute atomic E-state index is 0.189. The predicted octanol–water partition coefficient (Wildman–Crippen LogP) is 3.12. The number of anilines is 1. The van der Waals surface area contributed by atoms with Crippen molar-refractivity contribution >= 4 is 39.2 Å². The summed E-state index contributed by atoms with van der Waals surface area (Å²) in [6.07, 6.45) is 0. The SMILES string of the molecule is Cc1nc(CNC(=O)Nc2ccc(Cl)cc2Br)no1. The van der Waals surface area contributed by atoms with E-state index in [-0.39, 0.29) is 12.6 Å². The number of aromatic nitrogens is 2. The number of urea groups is 1. The average Bonchev–Trinajstić information content (AvgIpc) is 2.76. The first-order chi connectivity index (χ1) is 9.04. The molecule has 2 rings (SSSR count). The quantitative estimate of drug-likeness (QED) is 0.895. The number of hydrogen-bond donors (Lipinski definition) is 2. The van der Waals surface area contributed by atoms with Crippen LogP contribution >= 0.6 is 27.5 Å². The Labute approximate surface area is 122 Å². The van der Waals surface area contributed by atoms with Gasteiger partial charge < -0.3 is 15.2 Å². The van der Waals surface area contributed by atoms with E-state index in [1.54, 1.807) is 25.1 Å². The van der Waals surface area contributed by atoms with E-state index in [1.807, 2.05) is 0 Å². The van der Waals surface area contributed by atoms with Gasteiger partial charge in [0, 0.05) is 16.4 Å². The monoisotopic (exact) mass is 344 g/mol. The number of nitrogens with zero attached hydrogens (tertiary/aromatic N) is 2. The molecule has 0 radical (unpaired) electrons. The summed E-state index contributed by atoms with van der Waals surface area (Å²) in [7, 11) is 0. The third-order valence-electron chi connectivity index (χ3n) is 2.16. The molecule has 2 N–H and O–H groups in total. The van der Waals surface area contributed by atoms with E-state index in [9.17, 15) is 4.79 Å². The lowest BCUT2D eigenvalue weighted by Crippen LogP contribution is -2.28. The summed E-state index contributed by atoms with van der Waals surface area (Å²) in [5.74, 6) is 0.875. The van der Waals surface area contributed by atoms with Gasteiger partial charge in [0.25, 0.3) is 0 Å². The van der Waals surface area contributed by atoms with Gasteiger partial charge >= 0.3 is 6.03 Å². The fraction of sp³-hybridized carbons (Fsp3) is 0.182. The van der Waals surface area contributed by atoms with Gasteiger partial charge in [0.1, 0.15) is 0 Å². The Kier molecular flexibility index (Phi) is 4.39. The van der Waals surface area contributed by atoms with Crippen LogP contribution in [0.5, 0.6) is 0 Å². The van der Waals surface area contributed by atoms with Crippen LogP contribution in [-0.4, -0.2) is 16.2 Å². The van der Waals surface area contributed by atoms with Gasteiger partial charge in [0.15, 0.2) is 5.82 Å².